The molecule has 0 aromatic heterocycles. The fourth-order valence-corrected chi connectivity index (χ4v) is 3.78. The number of hydrogen-bond donors (Lipinski definition) is 1. The summed E-state index contributed by atoms with van der Waals surface area (Å²) < 4.78 is 5.40. The molecule has 0 fully saturated rings. The molecule has 0 saturated carbocycles. The molecular formula is C23H29NO2. The van der Waals surface area contributed by atoms with Crippen molar-refractivity contribution < 1.29 is 9.84 Å². The van der Waals surface area contributed by atoms with Gasteiger partial charge in [0, 0.05) is 6.54 Å². The van der Waals surface area contributed by atoms with Gasteiger partial charge in [-0.1, -0.05) is 44.2 Å². The van der Waals surface area contributed by atoms with Gasteiger partial charge in [-0.3, -0.25) is 0 Å². The fourth-order valence-electron chi connectivity index (χ4n) is 3.78. The van der Waals surface area contributed by atoms with Crippen LogP contribution in [0.4, 0.5) is 0 Å². The number of rotatable bonds is 8. The Labute approximate surface area is 156 Å². The quantitative estimate of drug-likeness (QED) is 0.569. The molecule has 3 nitrogen and oxygen atoms in total. The van der Waals surface area contributed by atoms with E-state index in [4.69, 9.17) is 4.74 Å². The Hall–Kier alpha value is -2.10. The summed E-state index contributed by atoms with van der Waals surface area (Å²) in [5.74, 6) is 0.855. The molecule has 0 bridgehead atoms. The van der Waals surface area contributed by atoms with Crippen LogP contribution in [0, 0.1) is 0 Å². The van der Waals surface area contributed by atoms with Gasteiger partial charge in [0.05, 0.1) is 13.2 Å². The normalized spacial score (nSPS) is 12.8. The molecule has 3 aromatic rings. The minimum Gasteiger partial charge on any atom is -0.497 e. The van der Waals surface area contributed by atoms with Gasteiger partial charge in [-0.25, -0.2) is 0 Å². The maximum Gasteiger partial charge on any atom is 0.119 e. The van der Waals surface area contributed by atoms with E-state index in [0.29, 0.717) is 6.54 Å². The largest absolute Gasteiger partial charge is 0.497 e. The predicted octanol–water partition coefficient (Wildman–Crippen LogP) is 5.16. The van der Waals surface area contributed by atoms with Crippen LogP contribution < -0.4 is 4.74 Å². The highest BCUT2D eigenvalue weighted by atomic mass is 16.5. The van der Waals surface area contributed by atoms with E-state index in [-0.39, 0.29) is 0 Å². The van der Waals surface area contributed by atoms with Crippen LogP contribution in [0.5, 0.6) is 5.75 Å². The van der Waals surface area contributed by atoms with E-state index >= 15 is 0 Å². The first kappa shape index (κ1) is 18.7. The summed E-state index contributed by atoms with van der Waals surface area (Å²) in [6.45, 7) is 7.09. The predicted molar refractivity (Wildman–Crippen MR) is 110 cm³/mol. The smallest absolute Gasteiger partial charge is 0.119 e. The van der Waals surface area contributed by atoms with Crippen molar-refractivity contribution in [2.24, 2.45) is 0 Å². The highest BCUT2D eigenvalue weighted by Crippen LogP contribution is 2.34. The maximum atomic E-state index is 11.0. The van der Waals surface area contributed by atoms with Crippen LogP contribution in [0.2, 0.25) is 0 Å². The summed E-state index contributed by atoms with van der Waals surface area (Å²) >= 11 is 0. The highest BCUT2D eigenvalue weighted by molar-refractivity contribution is 6.09. The number of hydrogen-bond acceptors (Lipinski definition) is 3. The average Bonchev–Trinajstić information content (AvgIpc) is 2.67. The SMILES string of the molecule is CCCN(CCC)CC(O)c1cc2ccc(OC)cc2c2ccccc12. The number of ether oxygens (including phenoxy) is 1. The summed E-state index contributed by atoms with van der Waals surface area (Å²) in [5, 5.41) is 15.6. The highest BCUT2D eigenvalue weighted by Gasteiger charge is 2.17. The van der Waals surface area contributed by atoms with Crippen molar-refractivity contribution in [1.29, 1.82) is 0 Å². The molecule has 0 heterocycles. The van der Waals surface area contributed by atoms with Gasteiger partial charge in [0.25, 0.3) is 0 Å². The molecule has 1 N–H and O–H groups in total. The topological polar surface area (TPSA) is 32.7 Å². The molecular weight excluding hydrogens is 322 g/mol. The van der Waals surface area contributed by atoms with E-state index in [1.165, 1.54) is 0 Å². The van der Waals surface area contributed by atoms with Gasteiger partial charge in [0.15, 0.2) is 0 Å². The molecule has 0 radical (unpaired) electrons. The molecule has 1 atom stereocenters. The third-order valence-electron chi connectivity index (χ3n) is 4.97. The van der Waals surface area contributed by atoms with Gasteiger partial charge in [-0.15, -0.1) is 0 Å². The first-order valence-electron chi connectivity index (χ1n) is 9.57. The summed E-state index contributed by atoms with van der Waals surface area (Å²) in [6, 6.07) is 16.6. The minimum absolute atomic E-state index is 0.496. The average molecular weight is 351 g/mol. The zero-order valence-corrected chi connectivity index (χ0v) is 16.0. The second-order valence-corrected chi connectivity index (χ2v) is 6.91. The van der Waals surface area contributed by atoms with Gasteiger partial charge in [-0.05, 0) is 71.2 Å². The first-order valence-corrected chi connectivity index (χ1v) is 9.57. The van der Waals surface area contributed by atoms with Crippen LogP contribution in [-0.4, -0.2) is 36.8 Å². The lowest BCUT2D eigenvalue weighted by molar-refractivity contribution is 0.114. The van der Waals surface area contributed by atoms with Crippen LogP contribution in [0.1, 0.15) is 38.4 Å². The zero-order chi connectivity index (χ0) is 18.5. The van der Waals surface area contributed by atoms with Crippen molar-refractivity contribution in [1.82, 2.24) is 4.90 Å². The molecule has 0 aliphatic heterocycles. The van der Waals surface area contributed by atoms with Crippen LogP contribution in [0.3, 0.4) is 0 Å². The van der Waals surface area contributed by atoms with E-state index in [9.17, 15) is 5.11 Å². The molecule has 138 valence electrons. The van der Waals surface area contributed by atoms with Crippen LogP contribution in [0.25, 0.3) is 21.5 Å². The van der Waals surface area contributed by atoms with Crippen molar-refractivity contribution in [3.05, 3.63) is 54.1 Å². The molecule has 26 heavy (non-hydrogen) atoms. The molecule has 3 heteroatoms. The van der Waals surface area contributed by atoms with Gasteiger partial charge in [0.2, 0.25) is 0 Å². The van der Waals surface area contributed by atoms with Crippen molar-refractivity contribution in [3.8, 4) is 5.75 Å². The molecule has 0 spiro atoms. The van der Waals surface area contributed by atoms with E-state index in [2.05, 4.69) is 55.1 Å². The number of fused-ring (bicyclic) bond motifs is 3. The van der Waals surface area contributed by atoms with Gasteiger partial charge in [0.1, 0.15) is 5.75 Å². The molecule has 1 unspecified atom stereocenters. The lowest BCUT2D eigenvalue weighted by atomic mass is 9.94. The van der Waals surface area contributed by atoms with Crippen LogP contribution >= 0.6 is 0 Å². The summed E-state index contributed by atoms with van der Waals surface area (Å²) in [7, 11) is 1.69. The van der Waals surface area contributed by atoms with Crippen molar-refractivity contribution in [2.75, 3.05) is 26.7 Å². The van der Waals surface area contributed by atoms with Gasteiger partial charge in [-0.2, -0.15) is 0 Å². The second-order valence-electron chi connectivity index (χ2n) is 6.91. The van der Waals surface area contributed by atoms with Crippen molar-refractivity contribution in [2.45, 2.75) is 32.8 Å². The Morgan fingerprint density at radius 3 is 2.27 bits per heavy atom. The molecule has 0 aliphatic rings. The van der Waals surface area contributed by atoms with Gasteiger partial charge >= 0.3 is 0 Å². The summed E-state index contributed by atoms with van der Waals surface area (Å²) in [6.07, 6.45) is 1.71. The van der Waals surface area contributed by atoms with Crippen molar-refractivity contribution >= 4 is 21.5 Å². The van der Waals surface area contributed by atoms with E-state index < -0.39 is 6.10 Å². The van der Waals surface area contributed by atoms with E-state index in [0.717, 1.165) is 58.8 Å². The Kier molecular flexibility index (Phi) is 6.12. The molecule has 0 amide bonds. The lowest BCUT2D eigenvalue weighted by Crippen LogP contribution is -2.30. The molecule has 3 aromatic carbocycles. The van der Waals surface area contributed by atoms with Gasteiger partial charge < -0.3 is 14.7 Å². The van der Waals surface area contributed by atoms with Crippen LogP contribution in [0.15, 0.2) is 48.5 Å². The monoisotopic (exact) mass is 351 g/mol. The number of aliphatic hydroxyl groups is 1. The lowest BCUT2D eigenvalue weighted by Gasteiger charge is -2.25. The number of nitrogens with zero attached hydrogens (tertiary/aromatic N) is 1. The second kappa shape index (κ2) is 8.52. The summed E-state index contributed by atoms with van der Waals surface area (Å²) in [5.41, 5.74) is 1.01. The standard InChI is InChI=1S/C23H29NO2/c1-4-12-24(13-5-2)16-23(25)22-14-17-10-11-18(26-3)15-21(17)19-8-6-7-9-20(19)22/h6-11,14-15,23,25H,4-5,12-13,16H2,1-3H3. The Bertz CT molecular complexity index is 869. The number of benzene rings is 3. The first-order chi connectivity index (χ1) is 12.7. The third kappa shape index (κ3) is 3.84. The minimum atomic E-state index is -0.496. The number of methoxy groups -OCH3 is 1. The molecule has 0 aliphatic carbocycles. The summed E-state index contributed by atoms with van der Waals surface area (Å²) in [4.78, 5) is 2.36. The Morgan fingerprint density at radius 1 is 0.923 bits per heavy atom. The van der Waals surface area contributed by atoms with Crippen LogP contribution in [-0.2, 0) is 0 Å². The van der Waals surface area contributed by atoms with E-state index in [1.807, 2.05) is 12.1 Å². The third-order valence-corrected chi connectivity index (χ3v) is 4.97. The number of aliphatic hydroxyl groups excluding tert-OH is 1. The zero-order valence-electron chi connectivity index (χ0n) is 16.0. The van der Waals surface area contributed by atoms with Crippen molar-refractivity contribution in [3.63, 3.8) is 0 Å². The Balaban J connectivity index is 2.06. The Morgan fingerprint density at radius 2 is 1.62 bits per heavy atom. The van der Waals surface area contributed by atoms with E-state index in [1.54, 1.807) is 7.11 Å². The fraction of sp³-hybridized carbons (Fsp3) is 0.391. The molecule has 0 saturated heterocycles. The molecule has 3 rings (SSSR count). The maximum absolute atomic E-state index is 11.0.